The summed E-state index contributed by atoms with van der Waals surface area (Å²) < 4.78 is 2.35. The number of carbonyl (C=O) groups is 1. The SMILES string of the molecule is Nc1c(Br)c(CNCCCC=O)nc2c(-c3cnc4ccccc4c3)cnn12. The first-order valence-electron chi connectivity index (χ1n) is 9.00. The van der Waals surface area contributed by atoms with E-state index in [9.17, 15) is 4.79 Å². The van der Waals surface area contributed by atoms with Gasteiger partial charge in [-0.25, -0.2) is 4.98 Å². The summed E-state index contributed by atoms with van der Waals surface area (Å²) >= 11 is 3.53. The lowest BCUT2D eigenvalue weighted by molar-refractivity contribution is -0.107. The van der Waals surface area contributed by atoms with Crippen LogP contribution in [0.1, 0.15) is 18.5 Å². The second-order valence-corrected chi connectivity index (χ2v) is 7.25. The van der Waals surface area contributed by atoms with Gasteiger partial charge in [-0.05, 0) is 41.0 Å². The van der Waals surface area contributed by atoms with Gasteiger partial charge < -0.3 is 15.8 Å². The minimum Gasteiger partial charge on any atom is -0.383 e. The van der Waals surface area contributed by atoms with Crippen molar-refractivity contribution in [3.63, 3.8) is 0 Å². The minimum atomic E-state index is 0.495. The van der Waals surface area contributed by atoms with Gasteiger partial charge in [0.25, 0.3) is 0 Å². The molecule has 3 heterocycles. The molecular weight excluding hydrogens is 420 g/mol. The van der Waals surface area contributed by atoms with Crippen molar-refractivity contribution in [1.29, 1.82) is 0 Å². The fourth-order valence-corrected chi connectivity index (χ4v) is 3.50. The fourth-order valence-electron chi connectivity index (χ4n) is 3.10. The minimum absolute atomic E-state index is 0.495. The lowest BCUT2D eigenvalue weighted by Crippen LogP contribution is -2.17. The highest BCUT2D eigenvalue weighted by molar-refractivity contribution is 9.10. The van der Waals surface area contributed by atoms with Crippen molar-refractivity contribution >= 4 is 44.6 Å². The molecule has 0 atom stereocenters. The highest BCUT2D eigenvalue weighted by Gasteiger charge is 2.16. The maximum atomic E-state index is 10.4. The Balaban J connectivity index is 1.71. The highest BCUT2D eigenvalue weighted by atomic mass is 79.9. The van der Waals surface area contributed by atoms with Gasteiger partial charge in [-0.3, -0.25) is 4.98 Å². The van der Waals surface area contributed by atoms with E-state index in [0.29, 0.717) is 28.9 Å². The van der Waals surface area contributed by atoms with E-state index >= 15 is 0 Å². The van der Waals surface area contributed by atoms with Crippen LogP contribution in [-0.2, 0) is 11.3 Å². The molecule has 1 aromatic carbocycles. The van der Waals surface area contributed by atoms with E-state index < -0.39 is 0 Å². The van der Waals surface area contributed by atoms with Crippen LogP contribution in [0.2, 0.25) is 0 Å². The van der Waals surface area contributed by atoms with E-state index in [1.807, 2.05) is 30.5 Å². The van der Waals surface area contributed by atoms with Crippen molar-refractivity contribution in [2.45, 2.75) is 19.4 Å². The number of rotatable bonds is 7. The quantitative estimate of drug-likeness (QED) is 0.339. The predicted molar refractivity (Wildman–Crippen MR) is 113 cm³/mol. The molecule has 0 saturated heterocycles. The molecule has 0 unspecified atom stereocenters. The summed E-state index contributed by atoms with van der Waals surface area (Å²) in [5.41, 5.74) is 10.5. The average molecular weight is 439 g/mol. The summed E-state index contributed by atoms with van der Waals surface area (Å²) in [5.74, 6) is 0.495. The van der Waals surface area contributed by atoms with Crippen LogP contribution in [-0.4, -0.2) is 32.4 Å². The van der Waals surface area contributed by atoms with Crippen LogP contribution in [0.4, 0.5) is 5.82 Å². The van der Waals surface area contributed by atoms with Crippen LogP contribution < -0.4 is 11.1 Å². The maximum Gasteiger partial charge on any atom is 0.165 e. The molecule has 0 aliphatic carbocycles. The van der Waals surface area contributed by atoms with Gasteiger partial charge in [-0.1, -0.05) is 18.2 Å². The van der Waals surface area contributed by atoms with Crippen molar-refractivity contribution in [3.8, 4) is 11.1 Å². The number of nitrogen functional groups attached to an aromatic ring is 1. The summed E-state index contributed by atoms with van der Waals surface area (Å²) in [7, 11) is 0. The molecule has 0 radical (unpaired) electrons. The number of unbranched alkanes of at least 4 members (excludes halogenated alkanes) is 1. The van der Waals surface area contributed by atoms with Gasteiger partial charge in [-0.2, -0.15) is 9.61 Å². The number of halogens is 1. The molecule has 0 aliphatic rings. The molecule has 28 heavy (non-hydrogen) atoms. The average Bonchev–Trinajstić information content (AvgIpc) is 3.15. The molecule has 0 aliphatic heterocycles. The Hall–Kier alpha value is -2.84. The molecule has 3 N–H and O–H groups in total. The Bertz CT molecular complexity index is 1160. The van der Waals surface area contributed by atoms with Crippen molar-refractivity contribution in [2.75, 3.05) is 12.3 Å². The first-order chi connectivity index (χ1) is 13.7. The molecular formula is C20H19BrN6O. The number of anilines is 1. The van der Waals surface area contributed by atoms with Gasteiger partial charge in [0, 0.05) is 35.7 Å². The number of nitrogens with one attached hydrogen (secondary N) is 1. The normalized spacial score (nSPS) is 11.3. The van der Waals surface area contributed by atoms with Gasteiger partial charge in [0.15, 0.2) is 5.65 Å². The number of pyridine rings is 1. The van der Waals surface area contributed by atoms with Crippen molar-refractivity contribution in [1.82, 2.24) is 24.9 Å². The van der Waals surface area contributed by atoms with Crippen molar-refractivity contribution in [3.05, 3.63) is 52.9 Å². The van der Waals surface area contributed by atoms with E-state index in [1.165, 1.54) is 0 Å². The third-order valence-corrected chi connectivity index (χ3v) is 5.42. The molecule has 8 heteroatoms. The fraction of sp³-hybridized carbons (Fsp3) is 0.200. The number of carbonyl (C=O) groups excluding carboxylic acids is 1. The zero-order chi connectivity index (χ0) is 19.5. The Labute approximate surface area is 170 Å². The van der Waals surface area contributed by atoms with Crippen LogP contribution >= 0.6 is 15.9 Å². The third kappa shape index (κ3) is 3.48. The first kappa shape index (κ1) is 18.5. The number of nitrogens with two attached hydrogens (primary N) is 1. The van der Waals surface area contributed by atoms with Gasteiger partial charge in [0.05, 0.1) is 21.9 Å². The Morgan fingerprint density at radius 3 is 2.96 bits per heavy atom. The van der Waals surface area contributed by atoms with Gasteiger partial charge in [0.2, 0.25) is 0 Å². The van der Waals surface area contributed by atoms with Gasteiger partial charge in [-0.15, -0.1) is 0 Å². The summed E-state index contributed by atoms with van der Waals surface area (Å²) in [6.45, 7) is 1.28. The molecule has 7 nitrogen and oxygen atoms in total. The zero-order valence-electron chi connectivity index (χ0n) is 15.1. The third-order valence-electron chi connectivity index (χ3n) is 4.56. The summed E-state index contributed by atoms with van der Waals surface area (Å²) in [6, 6.07) is 10.1. The Kier molecular flexibility index (Phi) is 5.31. The van der Waals surface area contributed by atoms with Crippen LogP contribution in [0.3, 0.4) is 0 Å². The number of aromatic nitrogens is 4. The van der Waals surface area contributed by atoms with Crippen LogP contribution in [0, 0.1) is 0 Å². The van der Waals surface area contributed by atoms with Crippen LogP contribution in [0.5, 0.6) is 0 Å². The lowest BCUT2D eigenvalue weighted by Gasteiger charge is -2.10. The van der Waals surface area contributed by atoms with E-state index in [0.717, 1.165) is 47.0 Å². The zero-order valence-corrected chi connectivity index (χ0v) is 16.7. The standard InChI is InChI=1S/C20H19BrN6O/c21-18-17(12-23-7-3-4-8-28)26-20-15(11-25-27(20)19(18)22)14-9-13-5-1-2-6-16(13)24-10-14/h1-2,5-6,8-11,23H,3-4,7,12,22H2. The molecule has 0 saturated carbocycles. The molecule has 0 bridgehead atoms. The summed E-state index contributed by atoms with van der Waals surface area (Å²) in [6.07, 6.45) is 5.86. The molecule has 0 spiro atoms. The molecule has 142 valence electrons. The summed E-state index contributed by atoms with van der Waals surface area (Å²) in [5, 5.41) is 8.76. The molecule has 3 aromatic heterocycles. The largest absolute Gasteiger partial charge is 0.383 e. The Morgan fingerprint density at radius 1 is 1.25 bits per heavy atom. The first-order valence-corrected chi connectivity index (χ1v) is 9.79. The van der Waals surface area contributed by atoms with Crippen LogP contribution in [0.25, 0.3) is 27.7 Å². The van der Waals surface area contributed by atoms with E-state index in [2.05, 4.69) is 37.4 Å². The number of fused-ring (bicyclic) bond motifs is 2. The topological polar surface area (TPSA) is 98.2 Å². The monoisotopic (exact) mass is 438 g/mol. The number of para-hydroxylation sites is 1. The maximum absolute atomic E-state index is 10.4. The van der Waals surface area contributed by atoms with Crippen LogP contribution in [0.15, 0.2) is 47.2 Å². The molecule has 0 amide bonds. The lowest BCUT2D eigenvalue weighted by atomic mass is 10.1. The van der Waals surface area contributed by atoms with Gasteiger partial charge >= 0.3 is 0 Å². The Morgan fingerprint density at radius 2 is 2.11 bits per heavy atom. The summed E-state index contributed by atoms with van der Waals surface area (Å²) in [4.78, 5) is 19.8. The molecule has 4 aromatic rings. The number of nitrogens with zero attached hydrogens (tertiary/aromatic N) is 4. The second kappa shape index (κ2) is 8.04. The van der Waals surface area contributed by atoms with Crippen molar-refractivity contribution in [2.24, 2.45) is 0 Å². The van der Waals surface area contributed by atoms with E-state index in [-0.39, 0.29) is 0 Å². The molecule has 0 fully saturated rings. The van der Waals surface area contributed by atoms with Gasteiger partial charge in [0.1, 0.15) is 12.1 Å². The molecule has 4 rings (SSSR count). The number of hydrogen-bond acceptors (Lipinski definition) is 6. The van der Waals surface area contributed by atoms with E-state index in [4.69, 9.17) is 10.7 Å². The second-order valence-electron chi connectivity index (χ2n) is 6.45. The number of benzene rings is 1. The number of hydrogen-bond donors (Lipinski definition) is 2. The predicted octanol–water partition coefficient (Wildman–Crippen LogP) is 3.36. The number of aldehydes is 1. The smallest absolute Gasteiger partial charge is 0.165 e. The van der Waals surface area contributed by atoms with E-state index in [1.54, 1.807) is 10.7 Å². The highest BCUT2D eigenvalue weighted by Crippen LogP contribution is 2.30. The van der Waals surface area contributed by atoms with Crippen molar-refractivity contribution < 1.29 is 4.79 Å².